The van der Waals surface area contributed by atoms with Gasteiger partial charge in [-0.25, -0.2) is 8.42 Å². The third kappa shape index (κ3) is 4.39. The number of para-hydroxylation sites is 1. The van der Waals surface area contributed by atoms with Crippen LogP contribution in [0.5, 0.6) is 5.75 Å². The molecule has 0 spiro atoms. The topological polar surface area (TPSA) is 90.3 Å². The van der Waals surface area contributed by atoms with Crippen molar-refractivity contribution in [2.45, 2.75) is 43.8 Å². The maximum atomic E-state index is 13.0. The molecule has 1 amide bonds. The highest BCUT2D eigenvalue weighted by Crippen LogP contribution is 2.38. The molecule has 0 aliphatic heterocycles. The number of aryl methyl sites for hydroxylation is 1. The lowest BCUT2D eigenvalue weighted by molar-refractivity contribution is 0.0937. The molecule has 0 saturated carbocycles. The Morgan fingerprint density at radius 2 is 1.85 bits per heavy atom. The number of aromatic nitrogens is 2. The van der Waals surface area contributed by atoms with Crippen LogP contribution < -0.4 is 10.1 Å². The van der Waals surface area contributed by atoms with E-state index in [1.54, 1.807) is 45.4 Å². The molecule has 2 aromatic carbocycles. The van der Waals surface area contributed by atoms with Crippen LogP contribution in [0.1, 0.15) is 47.4 Å². The number of fused-ring (bicyclic) bond motifs is 1. The van der Waals surface area contributed by atoms with Crippen LogP contribution >= 0.6 is 0 Å². The van der Waals surface area contributed by atoms with Gasteiger partial charge >= 0.3 is 0 Å². The van der Waals surface area contributed by atoms with Crippen molar-refractivity contribution in [2.75, 3.05) is 13.7 Å². The average Bonchev–Trinajstić information content (AvgIpc) is 3.27. The highest BCUT2D eigenvalue weighted by Gasteiger charge is 2.39. The smallest absolute Gasteiger partial charge is 0.256 e. The monoisotopic (exact) mass is 467 g/mol. The Labute approximate surface area is 194 Å². The quantitative estimate of drug-likeness (QED) is 0.576. The van der Waals surface area contributed by atoms with Gasteiger partial charge in [-0.3, -0.25) is 4.79 Å². The van der Waals surface area contributed by atoms with E-state index in [1.165, 1.54) is 0 Å². The first-order valence-electron chi connectivity index (χ1n) is 11.1. The lowest BCUT2D eigenvalue weighted by Crippen LogP contribution is -2.44. The molecule has 1 N–H and O–H groups in total. The van der Waals surface area contributed by atoms with Gasteiger partial charge in [0.15, 0.2) is 0 Å². The molecule has 0 radical (unpaired) electrons. The molecule has 1 aromatic heterocycles. The first-order valence-corrected chi connectivity index (χ1v) is 12.6. The van der Waals surface area contributed by atoms with Crippen LogP contribution in [0, 0.1) is 0 Å². The molecular formula is C25H29N3O4S. The molecule has 1 unspecified atom stereocenters. The minimum absolute atomic E-state index is 0.202. The molecule has 1 aliphatic rings. The Bertz CT molecular complexity index is 1250. The standard InChI is InChI=1S/C25H29N3O4S/c1-18(2)33(30,31)28-16-19-15-25(14-13-22(19)27-28,20-9-5-4-6-10-20)17-26-24(29)21-11-7-8-12-23(21)32-3/h4-12,16,18H,13-15,17H2,1-3H3,(H,26,29). The normalized spacial score (nSPS) is 18.1. The van der Waals surface area contributed by atoms with Crippen LogP contribution in [0.4, 0.5) is 0 Å². The summed E-state index contributed by atoms with van der Waals surface area (Å²) in [5, 5.41) is 6.94. The second-order valence-electron chi connectivity index (χ2n) is 8.77. The minimum atomic E-state index is -3.52. The van der Waals surface area contributed by atoms with Crippen LogP contribution in [0.25, 0.3) is 0 Å². The molecule has 1 atom stereocenters. The van der Waals surface area contributed by atoms with E-state index in [9.17, 15) is 13.2 Å². The Morgan fingerprint density at radius 1 is 1.15 bits per heavy atom. The zero-order valence-corrected chi connectivity index (χ0v) is 19.9. The predicted octanol–water partition coefficient (Wildman–Crippen LogP) is 3.33. The molecule has 3 aromatic rings. The van der Waals surface area contributed by atoms with Gasteiger partial charge in [0.05, 0.1) is 23.6 Å². The van der Waals surface area contributed by atoms with E-state index in [-0.39, 0.29) is 11.3 Å². The highest BCUT2D eigenvalue weighted by molar-refractivity contribution is 7.90. The number of hydrogen-bond donors (Lipinski definition) is 1. The van der Waals surface area contributed by atoms with Gasteiger partial charge in [0.2, 0.25) is 0 Å². The lowest BCUT2D eigenvalue weighted by Gasteiger charge is -2.37. The molecule has 174 valence electrons. The Hall–Kier alpha value is -3.13. The summed E-state index contributed by atoms with van der Waals surface area (Å²) in [4.78, 5) is 13.0. The fraction of sp³-hybridized carbons (Fsp3) is 0.360. The van der Waals surface area contributed by atoms with E-state index in [2.05, 4.69) is 22.5 Å². The summed E-state index contributed by atoms with van der Waals surface area (Å²) < 4.78 is 31.8. The van der Waals surface area contributed by atoms with Crippen molar-refractivity contribution >= 4 is 15.9 Å². The summed E-state index contributed by atoms with van der Waals surface area (Å²) in [7, 11) is -1.98. The van der Waals surface area contributed by atoms with Crippen LogP contribution in [0.2, 0.25) is 0 Å². The Morgan fingerprint density at radius 3 is 2.55 bits per heavy atom. The molecule has 0 saturated heterocycles. The molecule has 8 heteroatoms. The number of rotatable bonds is 7. The largest absolute Gasteiger partial charge is 0.496 e. The predicted molar refractivity (Wildman–Crippen MR) is 127 cm³/mol. The van der Waals surface area contributed by atoms with Crippen molar-refractivity contribution in [3.05, 3.63) is 83.2 Å². The Kier molecular flexibility index (Phi) is 6.30. The summed E-state index contributed by atoms with van der Waals surface area (Å²) in [5.74, 6) is 0.321. The molecule has 4 rings (SSSR count). The molecule has 1 heterocycles. The number of carbonyl (C=O) groups is 1. The summed E-state index contributed by atoms with van der Waals surface area (Å²) in [6.07, 6.45) is 3.61. The van der Waals surface area contributed by atoms with Gasteiger partial charge in [0.1, 0.15) is 5.75 Å². The van der Waals surface area contributed by atoms with Crippen molar-refractivity contribution in [1.82, 2.24) is 14.5 Å². The zero-order valence-electron chi connectivity index (χ0n) is 19.1. The van der Waals surface area contributed by atoms with E-state index >= 15 is 0 Å². The summed E-state index contributed by atoms with van der Waals surface area (Å²) in [6.45, 7) is 3.71. The van der Waals surface area contributed by atoms with Crippen molar-refractivity contribution < 1.29 is 17.9 Å². The molecule has 0 bridgehead atoms. The van der Waals surface area contributed by atoms with E-state index in [0.717, 1.165) is 27.3 Å². The summed E-state index contributed by atoms with van der Waals surface area (Å²) in [6, 6.07) is 17.2. The van der Waals surface area contributed by atoms with E-state index in [1.807, 2.05) is 24.3 Å². The number of methoxy groups -OCH3 is 1. The summed E-state index contributed by atoms with van der Waals surface area (Å²) in [5.41, 5.74) is 2.93. The van der Waals surface area contributed by atoms with Crippen molar-refractivity contribution in [2.24, 2.45) is 0 Å². The fourth-order valence-corrected chi connectivity index (χ4v) is 5.32. The fourth-order valence-electron chi connectivity index (χ4n) is 4.40. The van der Waals surface area contributed by atoms with Gasteiger partial charge in [-0.05, 0) is 56.4 Å². The van der Waals surface area contributed by atoms with Crippen molar-refractivity contribution in [3.63, 3.8) is 0 Å². The molecule has 0 fully saturated rings. The van der Waals surface area contributed by atoms with Crippen molar-refractivity contribution in [1.29, 1.82) is 0 Å². The van der Waals surface area contributed by atoms with E-state index < -0.39 is 15.3 Å². The number of ether oxygens (including phenoxy) is 1. The molecular weight excluding hydrogens is 438 g/mol. The number of hydrogen-bond acceptors (Lipinski definition) is 5. The van der Waals surface area contributed by atoms with Crippen LogP contribution in [0.3, 0.4) is 0 Å². The third-order valence-corrected chi connectivity index (χ3v) is 8.31. The van der Waals surface area contributed by atoms with Crippen LogP contribution in [0.15, 0.2) is 60.8 Å². The first kappa shape index (κ1) is 23.0. The number of carbonyl (C=O) groups excluding carboxylic acids is 1. The number of nitrogens with one attached hydrogen (secondary N) is 1. The molecule has 7 nitrogen and oxygen atoms in total. The van der Waals surface area contributed by atoms with Crippen LogP contribution in [-0.4, -0.2) is 42.4 Å². The maximum Gasteiger partial charge on any atom is 0.256 e. The molecule has 33 heavy (non-hydrogen) atoms. The summed E-state index contributed by atoms with van der Waals surface area (Å²) >= 11 is 0. The van der Waals surface area contributed by atoms with E-state index in [0.29, 0.717) is 30.7 Å². The number of nitrogens with zero attached hydrogens (tertiary/aromatic N) is 2. The van der Waals surface area contributed by atoms with Crippen LogP contribution in [-0.2, 0) is 28.3 Å². The minimum Gasteiger partial charge on any atom is -0.496 e. The second-order valence-corrected chi connectivity index (χ2v) is 11.1. The SMILES string of the molecule is COc1ccccc1C(=O)NCC1(c2ccccc2)CCc2nn(S(=O)(=O)C(C)C)cc2C1. The lowest BCUT2D eigenvalue weighted by atomic mass is 9.69. The van der Waals surface area contributed by atoms with Gasteiger partial charge in [0, 0.05) is 18.2 Å². The number of benzene rings is 2. The van der Waals surface area contributed by atoms with E-state index in [4.69, 9.17) is 4.74 Å². The van der Waals surface area contributed by atoms with Gasteiger partial charge in [-0.2, -0.15) is 9.19 Å². The van der Waals surface area contributed by atoms with Gasteiger partial charge < -0.3 is 10.1 Å². The highest BCUT2D eigenvalue weighted by atomic mass is 32.2. The first-order chi connectivity index (χ1) is 15.8. The second kappa shape index (κ2) is 9.02. The zero-order chi connectivity index (χ0) is 23.6. The van der Waals surface area contributed by atoms with Gasteiger partial charge in [-0.15, -0.1) is 0 Å². The van der Waals surface area contributed by atoms with Gasteiger partial charge in [-0.1, -0.05) is 42.5 Å². The Balaban J connectivity index is 1.65. The average molecular weight is 468 g/mol. The van der Waals surface area contributed by atoms with Crippen molar-refractivity contribution in [3.8, 4) is 5.75 Å². The molecule has 1 aliphatic carbocycles. The third-order valence-electron chi connectivity index (χ3n) is 6.41. The number of amides is 1. The maximum absolute atomic E-state index is 13.0. The van der Waals surface area contributed by atoms with Gasteiger partial charge in [0.25, 0.3) is 15.9 Å².